The number of benzene rings is 2. The van der Waals surface area contributed by atoms with E-state index in [4.69, 9.17) is 4.42 Å². The van der Waals surface area contributed by atoms with Crippen molar-refractivity contribution in [2.24, 2.45) is 0 Å². The molecule has 3 aromatic rings. The molecule has 7 heteroatoms. The fourth-order valence-electron chi connectivity index (χ4n) is 3.37. The van der Waals surface area contributed by atoms with E-state index in [1.54, 1.807) is 31.3 Å². The predicted molar refractivity (Wildman–Crippen MR) is 94.2 cm³/mol. The second-order valence-electron chi connectivity index (χ2n) is 6.25. The summed E-state index contributed by atoms with van der Waals surface area (Å²) in [6, 6.07) is 9.31. The first-order valence-corrected chi connectivity index (χ1v) is 8.14. The Morgan fingerprint density at radius 1 is 1.15 bits per heavy atom. The maximum Gasteiger partial charge on any atom is 0.337 e. The van der Waals surface area contributed by atoms with E-state index in [1.165, 1.54) is 24.1 Å². The molecule has 1 aliphatic heterocycles. The van der Waals surface area contributed by atoms with E-state index in [0.717, 1.165) is 6.07 Å². The molecule has 0 saturated carbocycles. The Morgan fingerprint density at radius 2 is 1.85 bits per heavy atom. The van der Waals surface area contributed by atoms with Crippen LogP contribution in [0.3, 0.4) is 0 Å². The zero-order valence-corrected chi connectivity index (χ0v) is 14.5. The number of carbonyl (C=O) groups is 2. The van der Waals surface area contributed by atoms with Crippen molar-refractivity contribution in [2.75, 3.05) is 14.2 Å². The average Bonchev–Trinajstić information content (AvgIpc) is 2.93. The van der Waals surface area contributed by atoms with Crippen molar-refractivity contribution in [2.45, 2.75) is 6.04 Å². The summed E-state index contributed by atoms with van der Waals surface area (Å²) in [5.74, 6) is -1.54. The number of carbonyl (C=O) groups excluding carboxylic acids is 2. The lowest BCUT2D eigenvalue weighted by atomic mass is 9.98. The van der Waals surface area contributed by atoms with Crippen molar-refractivity contribution < 1.29 is 23.1 Å². The number of esters is 1. The monoisotopic (exact) mass is 367 g/mol. The molecule has 4 rings (SSSR count). The zero-order chi connectivity index (χ0) is 19.3. The molecule has 0 saturated heterocycles. The van der Waals surface area contributed by atoms with Crippen LogP contribution < -0.4 is 5.43 Å². The molecule has 0 fully saturated rings. The standard InChI is InChI=1S/C20H14FNO5/c1-22-16(10-3-5-11(6-4-10)20(25)26-2)15-17(23)13-9-12(21)7-8-14(13)27-18(15)19(22)24/h3-9,16H,1-2H3/t16-/m1/s1. The number of methoxy groups -OCH3 is 1. The van der Waals surface area contributed by atoms with Gasteiger partial charge in [-0.15, -0.1) is 0 Å². The SMILES string of the molecule is COC(=O)c1ccc([C@@H]2c3c(oc4ccc(F)cc4c3=O)C(=O)N2C)cc1. The van der Waals surface area contributed by atoms with E-state index in [-0.39, 0.29) is 22.3 Å². The smallest absolute Gasteiger partial charge is 0.337 e. The molecule has 1 amide bonds. The lowest BCUT2D eigenvalue weighted by molar-refractivity contribution is 0.0600. The van der Waals surface area contributed by atoms with Crippen molar-refractivity contribution >= 4 is 22.8 Å². The fourth-order valence-corrected chi connectivity index (χ4v) is 3.37. The third kappa shape index (κ3) is 2.51. The Balaban J connectivity index is 1.91. The van der Waals surface area contributed by atoms with E-state index < -0.39 is 29.2 Å². The van der Waals surface area contributed by atoms with Crippen molar-refractivity contribution in [1.29, 1.82) is 0 Å². The van der Waals surface area contributed by atoms with Gasteiger partial charge in [0.2, 0.25) is 5.76 Å². The molecule has 1 atom stereocenters. The van der Waals surface area contributed by atoms with Crippen LogP contribution in [0.4, 0.5) is 4.39 Å². The summed E-state index contributed by atoms with van der Waals surface area (Å²) in [5.41, 5.74) is 0.835. The Bertz CT molecular complexity index is 1150. The summed E-state index contributed by atoms with van der Waals surface area (Å²) in [4.78, 5) is 38.6. The molecule has 0 aliphatic carbocycles. The molecule has 0 unspecified atom stereocenters. The molecule has 2 heterocycles. The summed E-state index contributed by atoms with van der Waals surface area (Å²) in [6.45, 7) is 0. The summed E-state index contributed by atoms with van der Waals surface area (Å²) in [6.07, 6.45) is 0. The van der Waals surface area contributed by atoms with Crippen molar-refractivity contribution in [3.8, 4) is 0 Å². The molecule has 27 heavy (non-hydrogen) atoms. The van der Waals surface area contributed by atoms with E-state index in [0.29, 0.717) is 11.1 Å². The molecule has 1 aromatic heterocycles. The van der Waals surface area contributed by atoms with Gasteiger partial charge in [0.15, 0.2) is 5.43 Å². The Morgan fingerprint density at radius 3 is 2.52 bits per heavy atom. The van der Waals surface area contributed by atoms with Gasteiger partial charge in [0.25, 0.3) is 5.91 Å². The average molecular weight is 367 g/mol. The number of fused-ring (bicyclic) bond motifs is 2. The third-order valence-corrected chi connectivity index (χ3v) is 4.71. The first-order valence-electron chi connectivity index (χ1n) is 8.14. The molecule has 1 aliphatic rings. The fraction of sp³-hybridized carbons (Fsp3) is 0.150. The van der Waals surface area contributed by atoms with Gasteiger partial charge in [0, 0.05) is 7.05 Å². The topological polar surface area (TPSA) is 76.8 Å². The number of rotatable bonds is 2. The first-order chi connectivity index (χ1) is 12.9. The maximum atomic E-state index is 13.6. The van der Waals surface area contributed by atoms with E-state index >= 15 is 0 Å². The van der Waals surface area contributed by atoms with Gasteiger partial charge in [0.1, 0.15) is 11.4 Å². The minimum atomic E-state index is -0.692. The van der Waals surface area contributed by atoms with Crippen LogP contribution in [0.5, 0.6) is 0 Å². The van der Waals surface area contributed by atoms with Crippen LogP contribution >= 0.6 is 0 Å². The van der Waals surface area contributed by atoms with Crippen molar-refractivity contribution in [3.63, 3.8) is 0 Å². The van der Waals surface area contributed by atoms with Gasteiger partial charge in [-0.25, -0.2) is 9.18 Å². The highest BCUT2D eigenvalue weighted by atomic mass is 19.1. The quantitative estimate of drug-likeness (QED) is 0.651. The molecular weight excluding hydrogens is 353 g/mol. The third-order valence-electron chi connectivity index (χ3n) is 4.71. The van der Waals surface area contributed by atoms with Gasteiger partial charge in [-0.1, -0.05) is 12.1 Å². The van der Waals surface area contributed by atoms with Crippen LogP contribution in [-0.2, 0) is 4.74 Å². The maximum absolute atomic E-state index is 13.6. The Kier molecular flexibility index (Phi) is 3.80. The van der Waals surface area contributed by atoms with E-state index in [1.807, 2.05) is 0 Å². The molecule has 0 spiro atoms. The van der Waals surface area contributed by atoms with Gasteiger partial charge in [0.05, 0.1) is 29.7 Å². The number of halogens is 1. The van der Waals surface area contributed by atoms with Crippen molar-refractivity contribution in [3.05, 3.63) is 81.0 Å². The zero-order valence-electron chi connectivity index (χ0n) is 14.5. The van der Waals surface area contributed by atoms with Gasteiger partial charge in [-0.05, 0) is 35.9 Å². The van der Waals surface area contributed by atoms with Crippen LogP contribution in [0.15, 0.2) is 51.7 Å². The Labute approximate surface area is 152 Å². The van der Waals surface area contributed by atoms with Gasteiger partial charge in [-0.2, -0.15) is 0 Å². The van der Waals surface area contributed by atoms with Gasteiger partial charge < -0.3 is 14.1 Å². The number of ether oxygens (including phenoxy) is 1. The molecule has 0 bridgehead atoms. The lowest BCUT2D eigenvalue weighted by Crippen LogP contribution is -2.25. The second kappa shape index (κ2) is 6.05. The van der Waals surface area contributed by atoms with Crippen LogP contribution in [0, 0.1) is 5.82 Å². The van der Waals surface area contributed by atoms with Crippen LogP contribution in [-0.4, -0.2) is 30.9 Å². The summed E-state index contributed by atoms with van der Waals surface area (Å²) in [7, 11) is 2.84. The normalized spacial score (nSPS) is 15.9. The minimum absolute atomic E-state index is 0.0522. The van der Waals surface area contributed by atoms with Crippen LogP contribution in [0.2, 0.25) is 0 Å². The minimum Gasteiger partial charge on any atom is -0.465 e. The summed E-state index contributed by atoms with van der Waals surface area (Å²) >= 11 is 0. The van der Waals surface area contributed by atoms with Crippen LogP contribution in [0.1, 0.15) is 38.1 Å². The lowest BCUT2D eigenvalue weighted by Gasteiger charge is -2.20. The summed E-state index contributed by atoms with van der Waals surface area (Å²) in [5, 5.41) is 0.0769. The molecule has 0 radical (unpaired) electrons. The number of hydrogen-bond donors (Lipinski definition) is 0. The van der Waals surface area contributed by atoms with Crippen LogP contribution in [0.25, 0.3) is 11.0 Å². The van der Waals surface area contributed by atoms with E-state index in [9.17, 15) is 18.8 Å². The van der Waals surface area contributed by atoms with Crippen molar-refractivity contribution in [1.82, 2.24) is 4.90 Å². The summed E-state index contributed by atoms with van der Waals surface area (Å²) < 4.78 is 23.9. The highest BCUT2D eigenvalue weighted by molar-refractivity contribution is 5.99. The first kappa shape index (κ1) is 17.0. The molecule has 2 aromatic carbocycles. The highest BCUT2D eigenvalue weighted by Gasteiger charge is 2.40. The van der Waals surface area contributed by atoms with Gasteiger partial charge >= 0.3 is 5.97 Å². The predicted octanol–water partition coefficient (Wildman–Crippen LogP) is 2.89. The largest absolute Gasteiger partial charge is 0.465 e. The number of hydrogen-bond acceptors (Lipinski definition) is 5. The molecule has 136 valence electrons. The molecule has 6 nitrogen and oxygen atoms in total. The molecule has 0 N–H and O–H groups in total. The molecular formula is C20H14FNO5. The Hall–Kier alpha value is -3.48. The van der Waals surface area contributed by atoms with E-state index in [2.05, 4.69) is 4.74 Å². The highest BCUT2D eigenvalue weighted by Crippen LogP contribution is 2.37. The van der Waals surface area contributed by atoms with Gasteiger partial charge in [-0.3, -0.25) is 9.59 Å². The second-order valence-corrected chi connectivity index (χ2v) is 6.25. The number of amides is 1. The number of nitrogens with zero attached hydrogens (tertiary/aromatic N) is 1.